The van der Waals surface area contributed by atoms with Crippen molar-refractivity contribution >= 4 is 33.9 Å². The lowest BCUT2D eigenvalue weighted by Crippen LogP contribution is -2.31. The summed E-state index contributed by atoms with van der Waals surface area (Å²) in [5, 5.41) is 13.0. The van der Waals surface area contributed by atoms with Gasteiger partial charge in [0.1, 0.15) is 6.54 Å². The van der Waals surface area contributed by atoms with E-state index in [9.17, 15) is 9.59 Å². The molecule has 172 valence electrons. The summed E-state index contributed by atoms with van der Waals surface area (Å²) in [4.78, 5) is 26.8. The molecule has 0 fully saturated rings. The predicted octanol–water partition coefficient (Wildman–Crippen LogP) is 3.85. The van der Waals surface area contributed by atoms with Gasteiger partial charge in [0.2, 0.25) is 5.43 Å². The molecule has 0 aliphatic carbocycles. The molecule has 0 bridgehead atoms. The van der Waals surface area contributed by atoms with E-state index < -0.39 is 0 Å². The van der Waals surface area contributed by atoms with E-state index >= 15 is 0 Å². The molecule has 2 aromatic carbocycles. The number of fused-ring (bicyclic) bond motifs is 1. The lowest BCUT2D eigenvalue weighted by Gasteiger charge is -2.23. The van der Waals surface area contributed by atoms with E-state index in [1.54, 1.807) is 48.4 Å². The first-order chi connectivity index (χ1) is 16.6. The van der Waals surface area contributed by atoms with Gasteiger partial charge >= 0.3 is 0 Å². The van der Waals surface area contributed by atoms with Gasteiger partial charge < -0.3 is 9.47 Å². The van der Waals surface area contributed by atoms with Crippen LogP contribution in [0.3, 0.4) is 0 Å². The van der Waals surface area contributed by atoms with Crippen LogP contribution in [0.4, 0.5) is 0 Å². The second-order valence-corrected chi connectivity index (χ2v) is 8.73. The van der Waals surface area contributed by atoms with Gasteiger partial charge in [-0.05, 0) is 41.3 Å². The monoisotopic (exact) mass is 474 g/mol. The molecule has 1 unspecified atom stereocenters. The maximum Gasteiger partial charge on any atom is 0.264 e. The summed E-state index contributed by atoms with van der Waals surface area (Å²) >= 11 is 1.59. The fourth-order valence-electron chi connectivity index (χ4n) is 4.14. The summed E-state index contributed by atoms with van der Waals surface area (Å²) in [5.41, 5.74) is 2.16. The van der Waals surface area contributed by atoms with Crippen LogP contribution in [0.5, 0.6) is 11.5 Å². The molecule has 1 atom stereocenters. The Labute approximate surface area is 199 Å². The molecular weight excluding hydrogens is 452 g/mol. The number of rotatable bonds is 6. The van der Waals surface area contributed by atoms with Crippen molar-refractivity contribution in [1.29, 1.82) is 0 Å². The third-order valence-electron chi connectivity index (χ3n) is 5.81. The number of nitrogens with zero attached hydrogens (tertiary/aromatic N) is 4. The van der Waals surface area contributed by atoms with Gasteiger partial charge in [0.25, 0.3) is 5.91 Å². The highest BCUT2D eigenvalue weighted by Gasteiger charge is 2.34. The fourth-order valence-corrected chi connectivity index (χ4v) is 4.86. The summed E-state index contributed by atoms with van der Waals surface area (Å²) in [6.07, 6.45) is 1.81. The van der Waals surface area contributed by atoms with E-state index in [-0.39, 0.29) is 23.9 Å². The van der Waals surface area contributed by atoms with Crippen molar-refractivity contribution in [3.05, 3.63) is 86.8 Å². The smallest absolute Gasteiger partial charge is 0.264 e. The first kappa shape index (κ1) is 21.8. The zero-order chi connectivity index (χ0) is 23.7. The quantitative estimate of drug-likeness (QED) is 0.424. The van der Waals surface area contributed by atoms with E-state index in [0.717, 1.165) is 16.2 Å². The van der Waals surface area contributed by atoms with Crippen molar-refractivity contribution in [3.8, 4) is 11.5 Å². The Hall–Kier alpha value is -3.98. The lowest BCUT2D eigenvalue weighted by molar-refractivity contribution is -0.133. The predicted molar refractivity (Wildman–Crippen MR) is 131 cm³/mol. The summed E-state index contributed by atoms with van der Waals surface area (Å²) < 4.78 is 12.4. The summed E-state index contributed by atoms with van der Waals surface area (Å²) in [5.74, 6) is 0.975. The van der Waals surface area contributed by atoms with Gasteiger partial charge in [-0.25, -0.2) is 5.01 Å². The van der Waals surface area contributed by atoms with Crippen molar-refractivity contribution in [2.75, 3.05) is 14.2 Å². The average Bonchev–Trinajstić information content (AvgIpc) is 3.56. The van der Waals surface area contributed by atoms with Crippen molar-refractivity contribution in [2.45, 2.75) is 19.0 Å². The van der Waals surface area contributed by atoms with E-state index in [0.29, 0.717) is 28.8 Å². The molecule has 3 heterocycles. The molecule has 1 amide bonds. The number of aromatic nitrogens is 2. The highest BCUT2D eigenvalue weighted by Crippen LogP contribution is 2.38. The molecule has 0 saturated heterocycles. The van der Waals surface area contributed by atoms with Crippen LogP contribution >= 0.6 is 11.3 Å². The van der Waals surface area contributed by atoms with Crippen LogP contribution in [0.15, 0.2) is 76.1 Å². The number of hydrogen-bond donors (Lipinski definition) is 0. The summed E-state index contributed by atoms with van der Waals surface area (Å²) in [6.45, 7) is -0.0498. The fraction of sp³-hybridized carbons (Fsp3) is 0.200. The minimum absolute atomic E-state index is 0.0498. The van der Waals surface area contributed by atoms with Crippen LogP contribution < -0.4 is 14.9 Å². The van der Waals surface area contributed by atoms with Crippen LogP contribution in [0.1, 0.15) is 22.9 Å². The van der Waals surface area contributed by atoms with Crippen molar-refractivity contribution in [1.82, 2.24) is 14.8 Å². The molecule has 1 aliphatic rings. The first-order valence-electron chi connectivity index (χ1n) is 10.7. The number of thiophene rings is 1. The number of hydrazone groups is 1. The zero-order valence-electron chi connectivity index (χ0n) is 18.7. The van der Waals surface area contributed by atoms with Gasteiger partial charge in [-0.15, -0.1) is 11.3 Å². The molecule has 2 aromatic heterocycles. The summed E-state index contributed by atoms with van der Waals surface area (Å²) in [7, 11) is 3.17. The number of para-hydroxylation sites is 1. The number of methoxy groups -OCH3 is 2. The van der Waals surface area contributed by atoms with Gasteiger partial charge in [0.15, 0.2) is 11.5 Å². The molecule has 0 radical (unpaired) electrons. The number of carbonyl (C=O) groups is 1. The highest BCUT2D eigenvalue weighted by atomic mass is 32.1. The van der Waals surface area contributed by atoms with E-state index in [2.05, 4.69) is 5.10 Å². The lowest BCUT2D eigenvalue weighted by atomic mass is 10.0. The van der Waals surface area contributed by atoms with Gasteiger partial charge in [-0.2, -0.15) is 10.2 Å². The number of hydrogen-bond acceptors (Lipinski definition) is 7. The largest absolute Gasteiger partial charge is 0.493 e. The van der Waals surface area contributed by atoms with Crippen LogP contribution in [0.2, 0.25) is 0 Å². The van der Waals surface area contributed by atoms with E-state index in [1.807, 2.05) is 41.8 Å². The Morgan fingerprint density at radius 2 is 1.91 bits per heavy atom. The minimum Gasteiger partial charge on any atom is -0.493 e. The second kappa shape index (κ2) is 9.11. The molecule has 0 N–H and O–H groups in total. The average molecular weight is 475 g/mol. The standard InChI is InChI=1S/C25H22N4O4S/c1-32-22-10-9-16(12-23(22)33-2)20-13-18(24-8-5-11-34-24)27-29(20)25(31)15-28-19-7-4-3-6-17(19)21(30)14-26-28/h3-12,14,20H,13,15H2,1-2H3. The number of amides is 1. The SMILES string of the molecule is COc1ccc(C2CC(c3cccs3)=NN2C(=O)Cn2ncc(=O)c3ccccc32)cc1OC. The van der Waals surface area contributed by atoms with Gasteiger partial charge in [-0.3, -0.25) is 14.3 Å². The molecule has 4 aromatic rings. The maximum atomic E-state index is 13.5. The highest BCUT2D eigenvalue weighted by molar-refractivity contribution is 7.12. The third kappa shape index (κ3) is 3.94. The van der Waals surface area contributed by atoms with Gasteiger partial charge in [-0.1, -0.05) is 24.3 Å². The van der Waals surface area contributed by atoms with E-state index in [1.165, 1.54) is 11.2 Å². The van der Waals surface area contributed by atoms with Crippen LogP contribution in [-0.4, -0.2) is 40.6 Å². The Morgan fingerprint density at radius 1 is 1.09 bits per heavy atom. The van der Waals surface area contributed by atoms with Gasteiger partial charge in [0, 0.05) is 11.8 Å². The third-order valence-corrected chi connectivity index (χ3v) is 6.73. The molecule has 0 spiro atoms. The Balaban J connectivity index is 1.52. The number of ether oxygens (including phenoxy) is 2. The molecule has 9 heteroatoms. The minimum atomic E-state index is -0.310. The van der Waals surface area contributed by atoms with Gasteiger partial charge in [0.05, 0.1) is 42.6 Å². The van der Waals surface area contributed by atoms with Crippen molar-refractivity contribution in [3.63, 3.8) is 0 Å². The molecule has 5 rings (SSSR count). The molecule has 34 heavy (non-hydrogen) atoms. The van der Waals surface area contributed by atoms with Crippen molar-refractivity contribution < 1.29 is 14.3 Å². The zero-order valence-corrected chi connectivity index (χ0v) is 19.5. The second-order valence-electron chi connectivity index (χ2n) is 7.78. The van der Waals surface area contributed by atoms with Crippen LogP contribution in [0, 0.1) is 0 Å². The molecule has 8 nitrogen and oxygen atoms in total. The van der Waals surface area contributed by atoms with Crippen molar-refractivity contribution in [2.24, 2.45) is 5.10 Å². The topological polar surface area (TPSA) is 86.0 Å². The first-order valence-corrected chi connectivity index (χ1v) is 11.6. The maximum absolute atomic E-state index is 13.5. The normalized spacial score (nSPS) is 15.4. The summed E-state index contributed by atoms with van der Waals surface area (Å²) in [6, 6.07) is 16.4. The van der Waals surface area contributed by atoms with E-state index in [4.69, 9.17) is 14.6 Å². The Bertz CT molecular complexity index is 1450. The Kier molecular flexibility index (Phi) is 5.85. The number of benzene rings is 2. The van der Waals surface area contributed by atoms with Crippen LogP contribution in [-0.2, 0) is 11.3 Å². The number of carbonyl (C=O) groups excluding carboxylic acids is 1. The Morgan fingerprint density at radius 3 is 2.68 bits per heavy atom. The molecular formula is C25H22N4O4S. The molecule has 1 aliphatic heterocycles. The van der Waals surface area contributed by atoms with Crippen LogP contribution in [0.25, 0.3) is 10.9 Å². The molecule has 0 saturated carbocycles.